The van der Waals surface area contributed by atoms with Gasteiger partial charge in [-0.05, 0) is 62.4 Å². The van der Waals surface area contributed by atoms with Gasteiger partial charge in [-0.3, -0.25) is 0 Å². The Morgan fingerprint density at radius 3 is 2.45 bits per heavy atom. The topological polar surface area (TPSA) is 65.7 Å². The van der Waals surface area contributed by atoms with Crippen molar-refractivity contribution >= 4 is 16.9 Å². The molecule has 0 N–H and O–H groups in total. The summed E-state index contributed by atoms with van der Waals surface area (Å²) >= 11 is 0. The molecule has 3 aromatic rings. The van der Waals surface area contributed by atoms with E-state index in [0.717, 1.165) is 25.3 Å². The van der Waals surface area contributed by atoms with Crippen molar-refractivity contribution in [2.24, 2.45) is 5.41 Å². The van der Waals surface area contributed by atoms with Crippen LogP contribution in [0, 0.1) is 5.41 Å². The summed E-state index contributed by atoms with van der Waals surface area (Å²) < 4.78 is 59.4. The van der Waals surface area contributed by atoms with Gasteiger partial charge in [0, 0.05) is 28.0 Å². The molecule has 40 heavy (non-hydrogen) atoms. The number of carbonyl (C=O) groups excluding carboxylic acids is 1. The van der Waals surface area contributed by atoms with Crippen LogP contribution in [0.5, 0.6) is 5.75 Å². The first-order chi connectivity index (χ1) is 18.8. The lowest BCUT2D eigenvalue weighted by molar-refractivity contribution is -0.150. The van der Waals surface area contributed by atoms with Crippen LogP contribution in [0.15, 0.2) is 63.8 Å². The summed E-state index contributed by atoms with van der Waals surface area (Å²) in [5.41, 5.74) is -1.42. The molecule has 0 aliphatic heterocycles. The van der Waals surface area contributed by atoms with Gasteiger partial charge in [-0.25, -0.2) is 9.59 Å². The van der Waals surface area contributed by atoms with Gasteiger partial charge in [0.25, 0.3) is 0 Å². The van der Waals surface area contributed by atoms with Crippen LogP contribution in [0.4, 0.5) is 13.2 Å². The van der Waals surface area contributed by atoms with Crippen LogP contribution in [0.3, 0.4) is 0 Å². The average Bonchev–Trinajstić information content (AvgIpc) is 3.15. The minimum atomic E-state index is -4.63. The predicted molar refractivity (Wildman–Crippen MR) is 148 cm³/mol. The zero-order chi connectivity index (χ0) is 29.2. The third-order valence-electron chi connectivity index (χ3n) is 7.68. The molecule has 4 rings (SSSR count). The molecule has 1 heterocycles. The quantitative estimate of drug-likeness (QED) is 0.115. The fraction of sp³-hybridized carbons (Fsp3) is 0.438. The van der Waals surface area contributed by atoms with E-state index in [1.165, 1.54) is 12.1 Å². The highest BCUT2D eigenvalue weighted by Crippen LogP contribution is 2.43. The number of alkyl halides is 3. The highest BCUT2D eigenvalue weighted by atomic mass is 19.4. The molecule has 0 bridgehead atoms. The fourth-order valence-corrected chi connectivity index (χ4v) is 5.22. The number of halogens is 3. The Labute approximate surface area is 232 Å². The standard InChI is InChI=1S/C32H35F3O5/c1-6-7-8-9-20-10-13-23(25(16-20)32(33,34)35)24-17-21-11-12-22(18-26(21)39-30(24)37)38-27-14-15-28(31(27,4)5)40-29(36)19(2)3/h10-13,16-18,27-28H,2,6-9,14-15H2,1,3-5H3. The highest BCUT2D eigenvalue weighted by molar-refractivity contribution is 5.87. The smallest absolute Gasteiger partial charge is 0.417 e. The summed E-state index contributed by atoms with van der Waals surface area (Å²) in [4.78, 5) is 25.0. The van der Waals surface area contributed by atoms with E-state index in [1.54, 1.807) is 31.2 Å². The van der Waals surface area contributed by atoms with Crippen LogP contribution in [0.2, 0.25) is 0 Å². The van der Waals surface area contributed by atoms with Gasteiger partial charge in [0.15, 0.2) is 0 Å². The molecule has 0 saturated heterocycles. The summed E-state index contributed by atoms with van der Waals surface area (Å²) in [7, 11) is 0. The number of unbranched alkanes of at least 4 members (excludes halogenated alkanes) is 2. The van der Waals surface area contributed by atoms with Gasteiger partial charge in [-0.2, -0.15) is 13.2 Å². The summed E-state index contributed by atoms with van der Waals surface area (Å²) in [6.45, 7) is 11.2. The molecule has 2 unspecified atom stereocenters. The number of esters is 1. The molecule has 8 heteroatoms. The predicted octanol–water partition coefficient (Wildman–Crippen LogP) is 8.27. The van der Waals surface area contributed by atoms with Gasteiger partial charge in [-0.1, -0.05) is 52.3 Å². The zero-order valence-corrected chi connectivity index (χ0v) is 23.3. The third-order valence-corrected chi connectivity index (χ3v) is 7.68. The van der Waals surface area contributed by atoms with Crippen LogP contribution in [-0.2, 0) is 22.1 Å². The van der Waals surface area contributed by atoms with Gasteiger partial charge in [0.05, 0.1) is 11.1 Å². The summed E-state index contributed by atoms with van der Waals surface area (Å²) in [6, 6.07) is 10.5. The normalized spacial score (nSPS) is 18.6. The van der Waals surface area contributed by atoms with E-state index in [1.807, 2.05) is 20.8 Å². The van der Waals surface area contributed by atoms with Crippen LogP contribution < -0.4 is 10.4 Å². The fourth-order valence-electron chi connectivity index (χ4n) is 5.22. The third kappa shape index (κ3) is 6.26. The molecule has 1 aliphatic rings. The van der Waals surface area contributed by atoms with Crippen molar-refractivity contribution in [1.82, 2.24) is 0 Å². The second-order valence-electron chi connectivity index (χ2n) is 11.2. The molecule has 0 amide bonds. The molecule has 0 radical (unpaired) electrons. The lowest BCUT2D eigenvalue weighted by Gasteiger charge is -2.32. The Morgan fingerprint density at radius 2 is 1.77 bits per heavy atom. The van der Waals surface area contributed by atoms with Crippen molar-refractivity contribution in [2.75, 3.05) is 0 Å². The number of ether oxygens (including phenoxy) is 2. The van der Waals surface area contributed by atoms with Crippen LogP contribution in [0.25, 0.3) is 22.1 Å². The minimum Gasteiger partial charge on any atom is -0.490 e. The first-order valence-corrected chi connectivity index (χ1v) is 13.6. The Morgan fingerprint density at radius 1 is 1.05 bits per heavy atom. The molecular weight excluding hydrogens is 521 g/mol. The van der Waals surface area contributed by atoms with Crippen molar-refractivity contribution in [3.05, 3.63) is 76.2 Å². The molecule has 2 aromatic carbocycles. The number of hydrogen-bond acceptors (Lipinski definition) is 5. The van der Waals surface area contributed by atoms with Crippen LogP contribution >= 0.6 is 0 Å². The van der Waals surface area contributed by atoms with E-state index >= 15 is 0 Å². The number of rotatable bonds is 9. The van der Waals surface area contributed by atoms with Gasteiger partial charge < -0.3 is 13.9 Å². The number of aryl methyl sites for hydroxylation is 1. The maximum Gasteiger partial charge on any atom is 0.417 e. The van der Waals surface area contributed by atoms with Crippen molar-refractivity contribution in [3.63, 3.8) is 0 Å². The molecule has 5 nitrogen and oxygen atoms in total. The Kier molecular flexibility index (Phi) is 8.47. The Bertz CT molecular complexity index is 1470. The molecule has 0 spiro atoms. The largest absolute Gasteiger partial charge is 0.490 e. The lowest BCUT2D eigenvalue weighted by atomic mass is 9.86. The second kappa shape index (κ2) is 11.5. The van der Waals surface area contributed by atoms with Crippen molar-refractivity contribution < 1.29 is 31.9 Å². The molecular formula is C32H35F3O5. The summed E-state index contributed by atoms with van der Waals surface area (Å²) in [5, 5.41) is 0.473. The van der Waals surface area contributed by atoms with E-state index in [-0.39, 0.29) is 28.9 Å². The van der Waals surface area contributed by atoms with Crippen molar-refractivity contribution in [3.8, 4) is 16.9 Å². The first-order valence-electron chi connectivity index (χ1n) is 13.6. The van der Waals surface area contributed by atoms with Gasteiger partial charge in [0.1, 0.15) is 23.5 Å². The number of benzene rings is 2. The SMILES string of the molecule is C=C(C)C(=O)OC1CCC(Oc2ccc3cc(-c4ccc(CCCCC)cc4C(F)(F)F)c(=O)oc3c2)C1(C)C. The van der Waals surface area contributed by atoms with Gasteiger partial charge in [0.2, 0.25) is 0 Å². The molecule has 214 valence electrons. The van der Waals surface area contributed by atoms with Crippen LogP contribution in [-0.4, -0.2) is 18.2 Å². The monoisotopic (exact) mass is 556 g/mol. The maximum atomic E-state index is 14.0. The number of hydrogen-bond donors (Lipinski definition) is 0. The number of fused-ring (bicyclic) bond motifs is 1. The zero-order valence-electron chi connectivity index (χ0n) is 23.3. The van der Waals surface area contributed by atoms with Crippen LogP contribution in [0.1, 0.15) is 70.9 Å². The molecule has 1 fully saturated rings. The van der Waals surface area contributed by atoms with Crippen molar-refractivity contribution in [1.29, 1.82) is 0 Å². The molecule has 1 aromatic heterocycles. The second-order valence-corrected chi connectivity index (χ2v) is 11.2. The lowest BCUT2D eigenvalue weighted by Crippen LogP contribution is -2.38. The van der Waals surface area contributed by atoms with E-state index in [4.69, 9.17) is 13.9 Å². The van der Waals surface area contributed by atoms with Crippen molar-refractivity contribution in [2.45, 2.75) is 84.6 Å². The highest BCUT2D eigenvalue weighted by Gasteiger charge is 2.47. The van der Waals surface area contributed by atoms with Gasteiger partial charge >= 0.3 is 17.8 Å². The molecule has 2 atom stereocenters. The number of carbonyl (C=O) groups is 1. The van der Waals surface area contributed by atoms with E-state index < -0.39 is 28.7 Å². The summed E-state index contributed by atoms with van der Waals surface area (Å²) in [6.07, 6.45) is -0.719. The van der Waals surface area contributed by atoms with E-state index in [0.29, 0.717) is 41.5 Å². The molecule has 1 saturated carbocycles. The minimum absolute atomic E-state index is 0.146. The Balaban J connectivity index is 1.61. The maximum absolute atomic E-state index is 14.0. The summed E-state index contributed by atoms with van der Waals surface area (Å²) in [5.74, 6) is 0.00240. The Hall–Kier alpha value is -3.55. The molecule has 1 aliphatic carbocycles. The van der Waals surface area contributed by atoms with E-state index in [2.05, 4.69) is 6.58 Å². The average molecular weight is 557 g/mol. The van der Waals surface area contributed by atoms with E-state index in [9.17, 15) is 22.8 Å². The van der Waals surface area contributed by atoms with Gasteiger partial charge in [-0.15, -0.1) is 0 Å². The first kappa shape index (κ1) is 29.4.